The third-order valence-electron chi connectivity index (χ3n) is 4.38. The summed E-state index contributed by atoms with van der Waals surface area (Å²) in [5.74, 6) is -0.119. The molecule has 0 saturated carbocycles. The first-order chi connectivity index (χ1) is 11.6. The first-order valence-corrected chi connectivity index (χ1v) is 8.73. The summed E-state index contributed by atoms with van der Waals surface area (Å²) >= 11 is 5.96. The van der Waals surface area contributed by atoms with Crippen molar-refractivity contribution < 1.29 is 4.79 Å². The summed E-state index contributed by atoms with van der Waals surface area (Å²) in [7, 11) is 1.80. The van der Waals surface area contributed by atoms with Gasteiger partial charge in [-0.2, -0.15) is 0 Å². The Morgan fingerprint density at radius 1 is 1.21 bits per heavy atom. The minimum absolute atomic E-state index is 0.119. The quantitative estimate of drug-likeness (QED) is 0.842. The second-order valence-corrected chi connectivity index (χ2v) is 6.63. The monoisotopic (exact) mass is 343 g/mol. The van der Waals surface area contributed by atoms with Crippen molar-refractivity contribution in [3.8, 4) is 0 Å². The summed E-state index contributed by atoms with van der Waals surface area (Å²) in [5.41, 5.74) is 2.77. The average Bonchev–Trinajstić information content (AvgIpc) is 2.62. The zero-order valence-electron chi connectivity index (χ0n) is 13.9. The van der Waals surface area contributed by atoms with Crippen LogP contribution in [0.1, 0.15) is 35.3 Å². The number of rotatable bonds is 4. The van der Waals surface area contributed by atoms with Gasteiger partial charge in [-0.3, -0.25) is 9.78 Å². The summed E-state index contributed by atoms with van der Waals surface area (Å²) in [4.78, 5) is 20.8. The smallest absolute Gasteiger partial charge is 0.272 e. The second-order valence-electron chi connectivity index (χ2n) is 6.20. The Balaban J connectivity index is 1.76. The fourth-order valence-electron chi connectivity index (χ4n) is 3.13. The number of hydrogen-bond donors (Lipinski definition) is 0. The van der Waals surface area contributed by atoms with Crippen LogP contribution in [0.4, 0.5) is 5.69 Å². The molecule has 126 valence electrons. The van der Waals surface area contributed by atoms with E-state index < -0.39 is 0 Å². The van der Waals surface area contributed by atoms with Gasteiger partial charge >= 0.3 is 0 Å². The summed E-state index contributed by atoms with van der Waals surface area (Å²) in [5, 5.41) is 0.524. The predicted octanol–water partition coefficient (Wildman–Crippen LogP) is 4.00. The average molecular weight is 344 g/mol. The van der Waals surface area contributed by atoms with Crippen LogP contribution in [0.5, 0.6) is 0 Å². The zero-order chi connectivity index (χ0) is 16.9. The lowest BCUT2D eigenvalue weighted by molar-refractivity contribution is 0.0779. The first-order valence-electron chi connectivity index (χ1n) is 8.35. The summed E-state index contributed by atoms with van der Waals surface area (Å²) in [6.45, 7) is 2.73. The maximum atomic E-state index is 12.6. The molecule has 2 aromatic rings. The van der Waals surface area contributed by atoms with E-state index in [0.717, 1.165) is 18.7 Å². The van der Waals surface area contributed by atoms with Gasteiger partial charge in [0.25, 0.3) is 5.91 Å². The van der Waals surface area contributed by atoms with Crippen LogP contribution < -0.4 is 4.90 Å². The molecule has 1 fully saturated rings. The summed E-state index contributed by atoms with van der Waals surface area (Å²) < 4.78 is 0. The molecule has 1 amide bonds. The number of piperidine rings is 1. The van der Waals surface area contributed by atoms with Gasteiger partial charge in [0.2, 0.25) is 0 Å². The topological polar surface area (TPSA) is 36.4 Å². The largest absolute Gasteiger partial charge is 0.371 e. The molecule has 0 bridgehead atoms. The van der Waals surface area contributed by atoms with E-state index >= 15 is 0 Å². The molecule has 5 heteroatoms. The van der Waals surface area contributed by atoms with Crippen molar-refractivity contribution in [2.75, 3.05) is 25.0 Å². The number of nitrogens with zero attached hydrogens (tertiary/aromatic N) is 3. The lowest BCUT2D eigenvalue weighted by Crippen LogP contribution is -2.32. The predicted molar refractivity (Wildman–Crippen MR) is 97.6 cm³/mol. The highest BCUT2D eigenvalue weighted by Crippen LogP contribution is 2.25. The fraction of sp³-hybridized carbons (Fsp3) is 0.368. The molecule has 1 aromatic carbocycles. The molecule has 0 unspecified atom stereocenters. The number of halogens is 1. The molecular weight excluding hydrogens is 322 g/mol. The van der Waals surface area contributed by atoms with Crippen molar-refractivity contribution in [2.24, 2.45) is 0 Å². The van der Waals surface area contributed by atoms with Gasteiger partial charge in [-0.1, -0.05) is 29.8 Å². The van der Waals surface area contributed by atoms with Gasteiger partial charge in [-0.05, 0) is 43.0 Å². The van der Waals surface area contributed by atoms with Crippen molar-refractivity contribution in [3.05, 3.63) is 58.9 Å². The Morgan fingerprint density at radius 3 is 2.71 bits per heavy atom. The lowest BCUT2D eigenvalue weighted by atomic mass is 10.1. The van der Waals surface area contributed by atoms with Gasteiger partial charge < -0.3 is 9.80 Å². The van der Waals surface area contributed by atoms with Crippen molar-refractivity contribution >= 4 is 23.2 Å². The minimum Gasteiger partial charge on any atom is -0.371 e. The van der Waals surface area contributed by atoms with Crippen LogP contribution in [0.15, 0.2) is 42.6 Å². The highest BCUT2D eigenvalue weighted by molar-refractivity contribution is 6.30. The third kappa shape index (κ3) is 3.88. The number of aromatic nitrogens is 1. The van der Waals surface area contributed by atoms with Crippen LogP contribution in [0.2, 0.25) is 5.02 Å². The molecule has 1 saturated heterocycles. The Hall–Kier alpha value is -2.07. The maximum Gasteiger partial charge on any atom is 0.272 e. The number of pyridine rings is 1. The molecule has 1 aromatic heterocycles. The van der Waals surface area contributed by atoms with Gasteiger partial charge in [-0.25, -0.2) is 0 Å². The van der Waals surface area contributed by atoms with Gasteiger partial charge in [0.15, 0.2) is 0 Å². The Bertz CT molecular complexity index is 713. The SMILES string of the molecule is CN(Cc1ccccc1N1CCCCC1)C(=O)c1cc(Cl)ccn1. The number of para-hydroxylation sites is 1. The number of hydrogen-bond acceptors (Lipinski definition) is 3. The molecule has 1 aliphatic heterocycles. The van der Waals surface area contributed by atoms with Crippen molar-refractivity contribution in [2.45, 2.75) is 25.8 Å². The third-order valence-corrected chi connectivity index (χ3v) is 4.62. The van der Waals surface area contributed by atoms with E-state index in [2.05, 4.69) is 28.1 Å². The molecular formula is C19H22ClN3O. The van der Waals surface area contributed by atoms with Crippen LogP contribution in [0.25, 0.3) is 0 Å². The van der Waals surface area contributed by atoms with Gasteiger partial charge in [0.1, 0.15) is 5.69 Å². The second kappa shape index (κ2) is 7.67. The lowest BCUT2D eigenvalue weighted by Gasteiger charge is -2.31. The molecule has 0 spiro atoms. The van der Waals surface area contributed by atoms with E-state index in [1.807, 2.05) is 6.07 Å². The van der Waals surface area contributed by atoms with Crippen LogP contribution in [-0.4, -0.2) is 35.9 Å². The number of amides is 1. The van der Waals surface area contributed by atoms with Crippen LogP contribution in [0, 0.1) is 0 Å². The standard InChI is InChI=1S/C19H22ClN3O/c1-22(19(24)17-13-16(20)9-10-21-17)14-15-7-3-4-8-18(15)23-11-5-2-6-12-23/h3-4,7-10,13H,2,5-6,11-12,14H2,1H3. The normalized spacial score (nSPS) is 14.5. The highest BCUT2D eigenvalue weighted by atomic mass is 35.5. The van der Waals surface area contributed by atoms with Gasteiger partial charge in [0, 0.05) is 43.6 Å². The molecule has 0 radical (unpaired) electrons. The molecule has 0 N–H and O–H groups in total. The molecule has 3 rings (SSSR count). The summed E-state index contributed by atoms with van der Waals surface area (Å²) in [6.07, 6.45) is 5.33. The number of anilines is 1. The van der Waals surface area contributed by atoms with Crippen molar-refractivity contribution in [3.63, 3.8) is 0 Å². The van der Waals surface area contributed by atoms with Gasteiger partial charge in [0.05, 0.1) is 0 Å². The first kappa shape index (κ1) is 16.8. The number of carbonyl (C=O) groups is 1. The molecule has 1 aliphatic rings. The van der Waals surface area contributed by atoms with E-state index in [4.69, 9.17) is 11.6 Å². The highest BCUT2D eigenvalue weighted by Gasteiger charge is 2.18. The molecule has 0 aliphatic carbocycles. The van der Waals surface area contributed by atoms with Crippen molar-refractivity contribution in [1.29, 1.82) is 0 Å². The maximum absolute atomic E-state index is 12.6. The van der Waals surface area contributed by atoms with E-state index in [0.29, 0.717) is 17.3 Å². The Labute approximate surface area is 148 Å². The van der Waals surface area contributed by atoms with E-state index in [1.165, 1.54) is 24.9 Å². The molecule has 4 nitrogen and oxygen atoms in total. The Morgan fingerprint density at radius 2 is 1.96 bits per heavy atom. The Kier molecular flexibility index (Phi) is 5.36. The van der Waals surface area contributed by atoms with Crippen LogP contribution >= 0.6 is 11.6 Å². The molecule has 0 atom stereocenters. The minimum atomic E-state index is -0.119. The fourth-order valence-corrected chi connectivity index (χ4v) is 3.29. The van der Waals surface area contributed by atoms with Crippen molar-refractivity contribution in [1.82, 2.24) is 9.88 Å². The van der Waals surface area contributed by atoms with Crippen LogP contribution in [0.3, 0.4) is 0 Å². The molecule has 24 heavy (non-hydrogen) atoms. The van der Waals surface area contributed by atoms with E-state index in [-0.39, 0.29) is 5.91 Å². The van der Waals surface area contributed by atoms with E-state index in [9.17, 15) is 4.79 Å². The molecule has 2 heterocycles. The van der Waals surface area contributed by atoms with Gasteiger partial charge in [-0.15, -0.1) is 0 Å². The summed E-state index contributed by atoms with van der Waals surface area (Å²) in [6, 6.07) is 11.6. The van der Waals surface area contributed by atoms with E-state index in [1.54, 1.807) is 30.3 Å². The number of carbonyl (C=O) groups excluding carboxylic acids is 1. The van der Waals surface area contributed by atoms with Crippen LogP contribution in [-0.2, 0) is 6.54 Å². The number of benzene rings is 1. The zero-order valence-corrected chi connectivity index (χ0v) is 14.7.